The van der Waals surface area contributed by atoms with Gasteiger partial charge in [-0.25, -0.2) is 9.18 Å². The lowest BCUT2D eigenvalue weighted by atomic mass is 10.1. The van der Waals surface area contributed by atoms with E-state index in [0.29, 0.717) is 0 Å². The molecule has 2 N–H and O–H groups in total. The van der Waals surface area contributed by atoms with E-state index in [-0.39, 0.29) is 11.8 Å². The molecule has 3 rings (SSSR count). The van der Waals surface area contributed by atoms with Crippen LogP contribution in [-0.4, -0.2) is 19.1 Å². The Morgan fingerprint density at radius 1 is 0.960 bits per heavy atom. The molecule has 4 nitrogen and oxygen atoms in total. The normalized spacial score (nSPS) is 14.5. The third-order valence-electron chi connectivity index (χ3n) is 4.21. The van der Waals surface area contributed by atoms with Crippen LogP contribution in [0.15, 0.2) is 54.7 Å². The number of urea groups is 1. The van der Waals surface area contributed by atoms with E-state index in [0.717, 1.165) is 24.3 Å². The maximum Gasteiger partial charge on any atom is 0.323 e. The van der Waals surface area contributed by atoms with E-state index < -0.39 is 0 Å². The highest BCUT2D eigenvalue weighted by Crippen LogP contribution is 2.21. The second kappa shape index (κ2) is 8.33. The molecule has 1 aliphatic heterocycles. The van der Waals surface area contributed by atoms with Crippen molar-refractivity contribution in [3.63, 3.8) is 0 Å². The Morgan fingerprint density at radius 3 is 2.32 bits per heavy atom. The third-order valence-corrected chi connectivity index (χ3v) is 4.21. The molecule has 2 amide bonds. The van der Waals surface area contributed by atoms with Gasteiger partial charge in [-0.05, 0) is 67.3 Å². The average Bonchev–Trinajstić information content (AvgIpc) is 2.65. The summed E-state index contributed by atoms with van der Waals surface area (Å²) in [6, 6.07) is 13.6. The average molecular weight is 339 g/mol. The summed E-state index contributed by atoms with van der Waals surface area (Å²) in [7, 11) is 0. The second-order valence-electron chi connectivity index (χ2n) is 6.08. The highest BCUT2D eigenvalue weighted by molar-refractivity contribution is 5.90. The first-order chi connectivity index (χ1) is 12.2. The zero-order valence-electron chi connectivity index (χ0n) is 14.0. The molecule has 1 fully saturated rings. The van der Waals surface area contributed by atoms with Gasteiger partial charge < -0.3 is 15.5 Å². The van der Waals surface area contributed by atoms with Gasteiger partial charge in [-0.3, -0.25) is 0 Å². The SMILES string of the molecule is O=C(N/C=C/c1ccc(F)cc1)Nc1ccc(N2CCCCC2)cc1. The molecular weight excluding hydrogens is 317 g/mol. The minimum atomic E-state index is -0.316. The van der Waals surface area contributed by atoms with Crippen LogP contribution >= 0.6 is 0 Å². The van der Waals surface area contributed by atoms with Gasteiger partial charge in [0.25, 0.3) is 0 Å². The van der Waals surface area contributed by atoms with Crippen LogP contribution in [0.4, 0.5) is 20.6 Å². The molecule has 0 saturated carbocycles. The molecule has 0 radical (unpaired) electrons. The number of benzene rings is 2. The van der Waals surface area contributed by atoms with Gasteiger partial charge in [0.1, 0.15) is 5.82 Å². The van der Waals surface area contributed by atoms with Gasteiger partial charge in [0, 0.05) is 30.7 Å². The molecule has 1 heterocycles. The molecule has 0 aliphatic carbocycles. The summed E-state index contributed by atoms with van der Waals surface area (Å²) in [4.78, 5) is 14.3. The molecule has 0 atom stereocenters. The van der Waals surface area contributed by atoms with Crippen molar-refractivity contribution in [3.8, 4) is 0 Å². The van der Waals surface area contributed by atoms with Crippen LogP contribution < -0.4 is 15.5 Å². The summed E-state index contributed by atoms with van der Waals surface area (Å²) in [6.07, 6.45) is 7.02. The van der Waals surface area contributed by atoms with Crippen molar-refractivity contribution in [1.29, 1.82) is 0 Å². The molecule has 0 aromatic heterocycles. The number of nitrogens with zero attached hydrogens (tertiary/aromatic N) is 1. The first-order valence-electron chi connectivity index (χ1n) is 8.55. The first-order valence-corrected chi connectivity index (χ1v) is 8.55. The van der Waals surface area contributed by atoms with Crippen molar-refractivity contribution in [1.82, 2.24) is 5.32 Å². The quantitative estimate of drug-likeness (QED) is 0.854. The van der Waals surface area contributed by atoms with Crippen LogP contribution in [0.2, 0.25) is 0 Å². The molecule has 1 saturated heterocycles. The van der Waals surface area contributed by atoms with Gasteiger partial charge in [0.2, 0.25) is 0 Å². The standard InChI is InChI=1S/C20H22FN3O/c21-17-6-4-16(5-7-17)12-13-22-20(25)23-18-8-10-19(11-9-18)24-14-2-1-3-15-24/h4-13H,1-3,14-15H2,(H2,22,23,25)/b13-12+. The largest absolute Gasteiger partial charge is 0.372 e. The van der Waals surface area contributed by atoms with E-state index in [1.54, 1.807) is 18.2 Å². The van der Waals surface area contributed by atoms with Crippen molar-refractivity contribution in [2.75, 3.05) is 23.3 Å². The van der Waals surface area contributed by atoms with Crippen LogP contribution in [0.5, 0.6) is 0 Å². The predicted octanol–water partition coefficient (Wildman–Crippen LogP) is 4.61. The van der Waals surface area contributed by atoms with Gasteiger partial charge in [-0.15, -0.1) is 0 Å². The van der Waals surface area contributed by atoms with Gasteiger partial charge in [-0.2, -0.15) is 0 Å². The first kappa shape index (κ1) is 17.0. The zero-order chi connectivity index (χ0) is 17.5. The van der Waals surface area contributed by atoms with E-state index in [1.807, 2.05) is 24.3 Å². The van der Waals surface area contributed by atoms with Crippen molar-refractivity contribution in [2.24, 2.45) is 0 Å². The van der Waals surface area contributed by atoms with Crippen molar-refractivity contribution in [3.05, 3.63) is 66.1 Å². The van der Waals surface area contributed by atoms with Gasteiger partial charge in [0.05, 0.1) is 0 Å². The topological polar surface area (TPSA) is 44.4 Å². The fourth-order valence-corrected chi connectivity index (χ4v) is 2.86. The second-order valence-corrected chi connectivity index (χ2v) is 6.08. The lowest BCUT2D eigenvalue weighted by Crippen LogP contribution is -2.29. The molecule has 0 unspecified atom stereocenters. The number of halogens is 1. The van der Waals surface area contributed by atoms with Crippen LogP contribution in [0.1, 0.15) is 24.8 Å². The number of hydrogen-bond donors (Lipinski definition) is 2. The monoisotopic (exact) mass is 339 g/mol. The van der Waals surface area contributed by atoms with Crippen LogP contribution in [0, 0.1) is 5.82 Å². The van der Waals surface area contributed by atoms with Gasteiger partial charge in [-0.1, -0.05) is 12.1 Å². The number of carbonyl (C=O) groups is 1. The number of rotatable bonds is 4. The summed E-state index contributed by atoms with van der Waals surface area (Å²) >= 11 is 0. The Balaban J connectivity index is 1.49. The van der Waals surface area contributed by atoms with Gasteiger partial charge >= 0.3 is 6.03 Å². The molecule has 25 heavy (non-hydrogen) atoms. The van der Waals surface area contributed by atoms with E-state index in [2.05, 4.69) is 15.5 Å². The maximum absolute atomic E-state index is 12.8. The minimum Gasteiger partial charge on any atom is -0.372 e. The van der Waals surface area contributed by atoms with Crippen molar-refractivity contribution >= 4 is 23.5 Å². The molecule has 130 valence electrons. The maximum atomic E-state index is 12.8. The smallest absolute Gasteiger partial charge is 0.323 e. The molecule has 2 aromatic rings. The van der Waals surface area contributed by atoms with E-state index in [9.17, 15) is 9.18 Å². The van der Waals surface area contributed by atoms with E-state index in [4.69, 9.17) is 0 Å². The lowest BCUT2D eigenvalue weighted by Gasteiger charge is -2.28. The predicted molar refractivity (Wildman–Crippen MR) is 100 cm³/mol. The Bertz CT molecular complexity index is 720. The summed E-state index contributed by atoms with van der Waals surface area (Å²) in [5, 5.41) is 5.43. The Kier molecular flexibility index (Phi) is 5.67. The fourth-order valence-electron chi connectivity index (χ4n) is 2.86. The summed E-state index contributed by atoms with van der Waals surface area (Å²) < 4.78 is 12.8. The Labute approximate surface area is 147 Å². The van der Waals surface area contributed by atoms with E-state index >= 15 is 0 Å². The number of hydrogen-bond acceptors (Lipinski definition) is 2. The third kappa shape index (κ3) is 5.08. The minimum absolute atomic E-state index is 0.282. The summed E-state index contributed by atoms with van der Waals surface area (Å²) in [5.41, 5.74) is 2.75. The lowest BCUT2D eigenvalue weighted by molar-refractivity contribution is 0.255. The number of amides is 2. The Morgan fingerprint density at radius 2 is 1.64 bits per heavy atom. The molecule has 0 spiro atoms. The molecular formula is C20H22FN3O. The molecule has 5 heteroatoms. The highest BCUT2D eigenvalue weighted by atomic mass is 19.1. The number of carbonyl (C=O) groups excluding carboxylic acids is 1. The molecule has 0 bridgehead atoms. The summed E-state index contributed by atoms with van der Waals surface area (Å²) in [5.74, 6) is -0.282. The van der Waals surface area contributed by atoms with E-state index in [1.165, 1.54) is 43.3 Å². The number of anilines is 2. The summed E-state index contributed by atoms with van der Waals surface area (Å²) in [6.45, 7) is 2.20. The van der Waals surface area contributed by atoms with Crippen LogP contribution in [-0.2, 0) is 0 Å². The Hall–Kier alpha value is -2.82. The van der Waals surface area contributed by atoms with Crippen molar-refractivity contribution < 1.29 is 9.18 Å². The van der Waals surface area contributed by atoms with Crippen LogP contribution in [0.25, 0.3) is 6.08 Å². The highest BCUT2D eigenvalue weighted by Gasteiger charge is 2.10. The fraction of sp³-hybridized carbons (Fsp3) is 0.250. The molecule has 2 aromatic carbocycles. The van der Waals surface area contributed by atoms with Crippen LogP contribution in [0.3, 0.4) is 0 Å². The van der Waals surface area contributed by atoms with Gasteiger partial charge in [0.15, 0.2) is 0 Å². The number of piperidine rings is 1. The van der Waals surface area contributed by atoms with Crippen molar-refractivity contribution in [2.45, 2.75) is 19.3 Å². The number of nitrogens with one attached hydrogen (secondary N) is 2. The molecule has 1 aliphatic rings. The zero-order valence-corrected chi connectivity index (χ0v) is 14.0.